The Morgan fingerprint density at radius 3 is 2.90 bits per heavy atom. The van der Waals surface area contributed by atoms with Crippen LogP contribution in [0.25, 0.3) is 11.1 Å². The molecule has 0 saturated heterocycles. The van der Waals surface area contributed by atoms with Crippen molar-refractivity contribution in [3.8, 4) is 0 Å². The molecule has 20 heavy (non-hydrogen) atoms. The predicted octanol–water partition coefficient (Wildman–Crippen LogP) is 2.37. The van der Waals surface area contributed by atoms with Crippen molar-refractivity contribution >= 4 is 28.8 Å². The van der Waals surface area contributed by atoms with Crippen LogP contribution in [0.5, 0.6) is 0 Å². The van der Waals surface area contributed by atoms with E-state index in [1.165, 1.54) is 11.8 Å². The molecule has 1 unspecified atom stereocenters. The maximum Gasteiger partial charge on any atom is 0.325 e. The van der Waals surface area contributed by atoms with Crippen molar-refractivity contribution in [2.45, 2.75) is 23.6 Å². The molecule has 1 fully saturated rings. The SMILES string of the molecule is CNC(CSc1nc2ccccc2o1)(C(=O)O)C1CC1. The highest BCUT2D eigenvalue weighted by atomic mass is 32.2. The third kappa shape index (κ3) is 2.29. The summed E-state index contributed by atoms with van der Waals surface area (Å²) in [6.07, 6.45) is 1.92. The molecule has 0 bridgehead atoms. The molecule has 106 valence electrons. The van der Waals surface area contributed by atoms with Crippen LogP contribution in [-0.2, 0) is 4.79 Å². The summed E-state index contributed by atoms with van der Waals surface area (Å²) in [5, 5.41) is 13.0. The lowest BCUT2D eigenvalue weighted by molar-refractivity contribution is -0.144. The molecule has 1 aliphatic rings. The van der Waals surface area contributed by atoms with E-state index in [0.29, 0.717) is 11.0 Å². The lowest BCUT2D eigenvalue weighted by Gasteiger charge is -2.28. The van der Waals surface area contributed by atoms with Crippen LogP contribution in [0.15, 0.2) is 33.9 Å². The lowest BCUT2D eigenvalue weighted by atomic mass is 9.96. The molecule has 0 aliphatic heterocycles. The summed E-state index contributed by atoms with van der Waals surface area (Å²) in [6.45, 7) is 0. The van der Waals surface area contributed by atoms with Gasteiger partial charge in [0.2, 0.25) is 0 Å². The standard InChI is InChI=1S/C14H16N2O3S/c1-15-14(12(17)18,9-6-7-9)8-20-13-16-10-4-2-3-5-11(10)19-13/h2-5,9,15H,6-8H2,1H3,(H,17,18). The number of benzene rings is 1. The highest BCUT2D eigenvalue weighted by molar-refractivity contribution is 7.99. The van der Waals surface area contributed by atoms with E-state index >= 15 is 0 Å². The van der Waals surface area contributed by atoms with Crippen molar-refractivity contribution in [1.29, 1.82) is 0 Å². The van der Waals surface area contributed by atoms with E-state index in [0.717, 1.165) is 23.9 Å². The van der Waals surface area contributed by atoms with Gasteiger partial charge in [-0.1, -0.05) is 23.9 Å². The van der Waals surface area contributed by atoms with Gasteiger partial charge in [-0.05, 0) is 37.9 Å². The fourth-order valence-electron chi connectivity index (χ4n) is 2.40. The molecule has 1 atom stereocenters. The molecular formula is C14H16N2O3S. The van der Waals surface area contributed by atoms with Gasteiger partial charge < -0.3 is 14.8 Å². The van der Waals surface area contributed by atoms with E-state index in [1.807, 2.05) is 24.3 Å². The monoisotopic (exact) mass is 292 g/mol. The number of nitrogens with zero attached hydrogens (tertiary/aromatic N) is 1. The van der Waals surface area contributed by atoms with Crippen LogP contribution in [0.2, 0.25) is 0 Å². The average Bonchev–Trinajstić information content (AvgIpc) is 3.19. The van der Waals surface area contributed by atoms with Gasteiger partial charge in [0.25, 0.3) is 5.22 Å². The fraction of sp³-hybridized carbons (Fsp3) is 0.429. The van der Waals surface area contributed by atoms with E-state index in [9.17, 15) is 9.90 Å². The van der Waals surface area contributed by atoms with Crippen molar-refractivity contribution in [3.05, 3.63) is 24.3 Å². The first-order chi connectivity index (χ1) is 9.65. The van der Waals surface area contributed by atoms with Crippen LogP contribution >= 0.6 is 11.8 Å². The minimum Gasteiger partial charge on any atom is -0.480 e. The minimum atomic E-state index is -0.884. The minimum absolute atomic E-state index is 0.196. The first kappa shape index (κ1) is 13.5. The molecule has 0 amide bonds. The van der Waals surface area contributed by atoms with E-state index in [1.54, 1.807) is 7.05 Å². The van der Waals surface area contributed by atoms with E-state index in [4.69, 9.17) is 4.42 Å². The second-order valence-electron chi connectivity index (χ2n) is 5.04. The zero-order valence-corrected chi connectivity index (χ0v) is 11.9. The van der Waals surface area contributed by atoms with Crippen molar-refractivity contribution in [1.82, 2.24) is 10.3 Å². The lowest BCUT2D eigenvalue weighted by Crippen LogP contribution is -2.54. The number of aromatic nitrogens is 1. The van der Waals surface area contributed by atoms with Gasteiger partial charge in [0, 0.05) is 5.75 Å². The summed E-state index contributed by atoms with van der Waals surface area (Å²) >= 11 is 1.35. The number of hydrogen-bond donors (Lipinski definition) is 2. The molecule has 5 nitrogen and oxygen atoms in total. The first-order valence-corrected chi connectivity index (χ1v) is 7.55. The molecule has 2 N–H and O–H groups in total. The summed E-state index contributed by atoms with van der Waals surface area (Å²) in [5.41, 5.74) is 0.643. The Hall–Kier alpha value is -1.53. The number of fused-ring (bicyclic) bond motifs is 1. The number of thioether (sulfide) groups is 1. The number of carbonyl (C=O) groups is 1. The molecule has 1 aromatic heterocycles. The molecular weight excluding hydrogens is 276 g/mol. The Balaban J connectivity index is 1.78. The number of carboxylic acid groups (broad SMARTS) is 1. The zero-order valence-electron chi connectivity index (χ0n) is 11.1. The molecule has 0 radical (unpaired) electrons. The van der Waals surface area contributed by atoms with E-state index < -0.39 is 11.5 Å². The van der Waals surface area contributed by atoms with Crippen LogP contribution in [0.4, 0.5) is 0 Å². The van der Waals surface area contributed by atoms with Gasteiger partial charge in [-0.3, -0.25) is 4.79 Å². The van der Waals surface area contributed by atoms with Gasteiger partial charge in [0.1, 0.15) is 11.1 Å². The second-order valence-corrected chi connectivity index (χ2v) is 5.96. The molecule has 1 aromatic carbocycles. The predicted molar refractivity (Wildman–Crippen MR) is 76.9 cm³/mol. The topological polar surface area (TPSA) is 75.4 Å². The van der Waals surface area contributed by atoms with Gasteiger partial charge in [-0.25, -0.2) is 4.98 Å². The molecule has 6 heteroatoms. The van der Waals surface area contributed by atoms with Crippen LogP contribution in [-0.4, -0.2) is 34.4 Å². The van der Waals surface area contributed by atoms with E-state index in [2.05, 4.69) is 10.3 Å². The van der Waals surface area contributed by atoms with Gasteiger partial charge in [-0.2, -0.15) is 0 Å². The van der Waals surface area contributed by atoms with Crippen LogP contribution in [0, 0.1) is 5.92 Å². The third-order valence-electron chi connectivity index (χ3n) is 3.80. The molecule has 2 aromatic rings. The number of hydrogen-bond acceptors (Lipinski definition) is 5. The van der Waals surface area contributed by atoms with Crippen molar-refractivity contribution < 1.29 is 14.3 Å². The van der Waals surface area contributed by atoms with Gasteiger partial charge in [0.15, 0.2) is 5.58 Å². The number of aliphatic carboxylic acids is 1. The molecule has 1 aliphatic carbocycles. The highest BCUT2D eigenvalue weighted by Gasteiger charge is 2.50. The smallest absolute Gasteiger partial charge is 0.325 e. The normalized spacial score (nSPS) is 18.1. The fourth-order valence-corrected chi connectivity index (χ4v) is 3.57. The van der Waals surface area contributed by atoms with Crippen molar-refractivity contribution in [3.63, 3.8) is 0 Å². The number of likely N-dealkylation sites (N-methyl/N-ethyl adjacent to an activating group) is 1. The molecule has 1 saturated carbocycles. The molecule has 1 heterocycles. The summed E-state index contributed by atoms with van der Waals surface area (Å²) in [4.78, 5) is 16.0. The van der Waals surface area contributed by atoms with Gasteiger partial charge in [-0.15, -0.1) is 0 Å². The summed E-state index contributed by atoms with van der Waals surface area (Å²) in [6, 6.07) is 7.53. The van der Waals surface area contributed by atoms with E-state index in [-0.39, 0.29) is 5.92 Å². The summed E-state index contributed by atoms with van der Waals surface area (Å²) in [7, 11) is 1.71. The number of rotatable bonds is 6. The Bertz CT molecular complexity index is 605. The third-order valence-corrected chi connectivity index (χ3v) is 4.82. The maximum absolute atomic E-state index is 11.6. The zero-order chi connectivity index (χ0) is 14.2. The van der Waals surface area contributed by atoms with Crippen molar-refractivity contribution in [2.75, 3.05) is 12.8 Å². The number of carboxylic acids is 1. The summed E-state index contributed by atoms with van der Waals surface area (Å²) in [5.74, 6) is -0.191. The Morgan fingerprint density at radius 2 is 2.30 bits per heavy atom. The van der Waals surface area contributed by atoms with Crippen LogP contribution in [0.3, 0.4) is 0 Å². The van der Waals surface area contributed by atoms with Crippen LogP contribution in [0.1, 0.15) is 12.8 Å². The highest BCUT2D eigenvalue weighted by Crippen LogP contribution is 2.42. The van der Waals surface area contributed by atoms with Crippen LogP contribution < -0.4 is 5.32 Å². The first-order valence-electron chi connectivity index (χ1n) is 6.56. The van der Waals surface area contributed by atoms with Gasteiger partial charge >= 0.3 is 5.97 Å². The Kier molecular flexibility index (Phi) is 3.43. The largest absolute Gasteiger partial charge is 0.480 e. The average molecular weight is 292 g/mol. The number of para-hydroxylation sites is 2. The molecule has 3 rings (SSSR count). The maximum atomic E-state index is 11.6. The Morgan fingerprint density at radius 1 is 1.55 bits per heavy atom. The molecule has 0 spiro atoms. The summed E-state index contributed by atoms with van der Waals surface area (Å²) < 4.78 is 5.62. The quantitative estimate of drug-likeness (QED) is 0.796. The van der Waals surface area contributed by atoms with Gasteiger partial charge in [0.05, 0.1) is 0 Å². The van der Waals surface area contributed by atoms with Crippen molar-refractivity contribution in [2.24, 2.45) is 5.92 Å². The number of nitrogens with one attached hydrogen (secondary N) is 1. The Labute approximate surface area is 120 Å². The second kappa shape index (κ2) is 5.10. The number of oxazole rings is 1.